The van der Waals surface area contributed by atoms with Gasteiger partial charge in [0.25, 0.3) is 0 Å². The van der Waals surface area contributed by atoms with Crippen molar-refractivity contribution in [3.8, 4) is 0 Å². The Morgan fingerprint density at radius 2 is 1.62 bits per heavy atom. The van der Waals surface area contributed by atoms with Crippen molar-refractivity contribution in [2.75, 3.05) is 5.48 Å². The quantitative estimate of drug-likeness (QED) is 0.728. The Balaban J connectivity index is 2.93. The maximum Gasteiger partial charge on any atom is 0.155 e. The number of hydrogen-bond acceptors (Lipinski definition) is 4. The van der Waals surface area contributed by atoms with Gasteiger partial charge in [0.15, 0.2) is 5.78 Å². The first-order valence-electron chi connectivity index (χ1n) is 7.34. The molecule has 1 unspecified atom stereocenters. The number of carbonyl (C=O) groups is 1. The average Bonchev–Trinajstić information content (AvgIpc) is 2.35. The second-order valence-electron chi connectivity index (χ2n) is 7.57. The highest BCUT2D eigenvalue weighted by atomic mass is 16.5. The summed E-state index contributed by atoms with van der Waals surface area (Å²) in [6.45, 7) is 12.0. The molecule has 0 spiro atoms. The Morgan fingerprint density at radius 3 is 2.00 bits per heavy atom. The molecule has 0 radical (unpaired) electrons. The fourth-order valence-electron chi connectivity index (χ4n) is 2.21. The van der Waals surface area contributed by atoms with Crippen LogP contribution in [0.2, 0.25) is 0 Å². The maximum absolute atomic E-state index is 12.7. The van der Waals surface area contributed by atoms with E-state index < -0.39 is 0 Å². The molecule has 0 aliphatic carbocycles. The van der Waals surface area contributed by atoms with Gasteiger partial charge in [0.05, 0.1) is 11.7 Å². The Hall–Kier alpha value is -1.39. The van der Waals surface area contributed by atoms with E-state index >= 15 is 0 Å². The van der Waals surface area contributed by atoms with Crippen LogP contribution in [0.25, 0.3) is 0 Å². The van der Waals surface area contributed by atoms with Gasteiger partial charge < -0.3 is 5.32 Å². The summed E-state index contributed by atoms with van der Waals surface area (Å²) < 4.78 is 0. The number of hydrogen-bond donors (Lipinski definition) is 3. The van der Waals surface area contributed by atoms with Crippen molar-refractivity contribution in [2.45, 2.75) is 59.5 Å². The van der Waals surface area contributed by atoms with Gasteiger partial charge in [-0.2, -0.15) is 0 Å². The van der Waals surface area contributed by atoms with Crippen molar-refractivity contribution in [1.82, 2.24) is 5.32 Å². The standard InChI is InChI=1S/C17H28N2O2/c1-16(2,3)15(20)14(18-17(4,5)6)11-12-7-9-13(19-21)10-8-12/h7-10,14,18-19,21H,11H2,1-6H3. The lowest BCUT2D eigenvalue weighted by Crippen LogP contribution is -2.51. The van der Waals surface area contributed by atoms with E-state index in [1.54, 1.807) is 12.1 Å². The van der Waals surface area contributed by atoms with Crippen LogP contribution in [0.3, 0.4) is 0 Å². The van der Waals surface area contributed by atoms with Gasteiger partial charge in [0.1, 0.15) is 0 Å². The molecule has 0 aliphatic heterocycles. The van der Waals surface area contributed by atoms with Crippen molar-refractivity contribution in [3.63, 3.8) is 0 Å². The molecule has 0 aliphatic rings. The lowest BCUT2D eigenvalue weighted by atomic mass is 9.83. The molecule has 0 aromatic heterocycles. The van der Waals surface area contributed by atoms with Crippen LogP contribution in [0.5, 0.6) is 0 Å². The predicted octanol–water partition coefficient (Wildman–Crippen LogP) is 3.40. The predicted molar refractivity (Wildman–Crippen MR) is 86.7 cm³/mol. The summed E-state index contributed by atoms with van der Waals surface area (Å²) >= 11 is 0. The monoisotopic (exact) mass is 292 g/mol. The molecule has 1 rings (SSSR count). The Morgan fingerprint density at radius 1 is 1.10 bits per heavy atom. The molecule has 0 heterocycles. The largest absolute Gasteiger partial charge is 0.302 e. The van der Waals surface area contributed by atoms with E-state index in [1.165, 1.54) is 0 Å². The van der Waals surface area contributed by atoms with Crippen molar-refractivity contribution >= 4 is 11.5 Å². The van der Waals surface area contributed by atoms with Crippen LogP contribution in [0.15, 0.2) is 24.3 Å². The van der Waals surface area contributed by atoms with E-state index in [0.717, 1.165) is 5.56 Å². The van der Waals surface area contributed by atoms with E-state index in [0.29, 0.717) is 12.1 Å². The topological polar surface area (TPSA) is 61.4 Å². The third-order valence-electron chi connectivity index (χ3n) is 3.19. The second kappa shape index (κ2) is 6.58. The normalized spacial score (nSPS) is 13.9. The zero-order chi connectivity index (χ0) is 16.3. The van der Waals surface area contributed by atoms with Gasteiger partial charge >= 0.3 is 0 Å². The van der Waals surface area contributed by atoms with Gasteiger partial charge in [-0.05, 0) is 44.9 Å². The van der Waals surface area contributed by atoms with E-state index in [1.807, 2.05) is 32.9 Å². The van der Waals surface area contributed by atoms with E-state index in [4.69, 9.17) is 5.21 Å². The van der Waals surface area contributed by atoms with Crippen molar-refractivity contribution in [3.05, 3.63) is 29.8 Å². The van der Waals surface area contributed by atoms with Gasteiger partial charge in [-0.15, -0.1) is 0 Å². The maximum atomic E-state index is 12.7. The van der Waals surface area contributed by atoms with Crippen LogP contribution in [0, 0.1) is 5.41 Å². The smallest absolute Gasteiger partial charge is 0.155 e. The molecule has 1 aromatic rings. The number of benzene rings is 1. The Labute approximate surface area is 127 Å². The van der Waals surface area contributed by atoms with E-state index in [9.17, 15) is 4.79 Å². The third-order valence-corrected chi connectivity index (χ3v) is 3.19. The Bertz CT molecular complexity index is 467. The first-order chi connectivity index (χ1) is 9.53. The molecule has 4 nitrogen and oxygen atoms in total. The van der Waals surface area contributed by atoms with Crippen molar-refractivity contribution < 1.29 is 10.0 Å². The molecular formula is C17H28N2O2. The summed E-state index contributed by atoms with van der Waals surface area (Å²) in [6, 6.07) is 7.21. The highest BCUT2D eigenvalue weighted by molar-refractivity contribution is 5.89. The van der Waals surface area contributed by atoms with Crippen LogP contribution in [0.4, 0.5) is 5.69 Å². The molecule has 1 aromatic carbocycles. The molecule has 0 saturated carbocycles. The number of anilines is 1. The summed E-state index contributed by atoms with van der Waals surface area (Å²) in [5, 5.41) is 12.3. The molecule has 0 amide bonds. The molecular weight excluding hydrogens is 264 g/mol. The molecule has 1 atom stereocenters. The fourth-order valence-corrected chi connectivity index (χ4v) is 2.21. The number of nitrogens with one attached hydrogen (secondary N) is 2. The summed E-state index contributed by atoms with van der Waals surface area (Å²) in [7, 11) is 0. The molecule has 0 saturated heterocycles. The summed E-state index contributed by atoms with van der Waals surface area (Å²) in [5.74, 6) is 0.210. The van der Waals surface area contributed by atoms with Crippen LogP contribution >= 0.6 is 0 Å². The van der Waals surface area contributed by atoms with Gasteiger partial charge in [-0.25, -0.2) is 0 Å². The lowest BCUT2D eigenvalue weighted by Gasteiger charge is -2.32. The summed E-state index contributed by atoms with van der Waals surface area (Å²) in [5.41, 5.74) is 3.31. The molecule has 3 N–H and O–H groups in total. The van der Waals surface area contributed by atoms with Crippen molar-refractivity contribution in [1.29, 1.82) is 0 Å². The molecule has 118 valence electrons. The van der Waals surface area contributed by atoms with Crippen LogP contribution in [0.1, 0.15) is 47.1 Å². The van der Waals surface area contributed by atoms with Gasteiger partial charge in [-0.1, -0.05) is 32.9 Å². The summed E-state index contributed by atoms with van der Waals surface area (Å²) in [4.78, 5) is 12.7. The fraction of sp³-hybridized carbons (Fsp3) is 0.588. The molecule has 4 heteroatoms. The lowest BCUT2D eigenvalue weighted by molar-refractivity contribution is -0.128. The average molecular weight is 292 g/mol. The van der Waals surface area contributed by atoms with Gasteiger partial charge in [0.2, 0.25) is 0 Å². The minimum atomic E-state index is -0.379. The second-order valence-corrected chi connectivity index (χ2v) is 7.57. The van der Waals surface area contributed by atoms with Crippen LogP contribution in [-0.4, -0.2) is 22.6 Å². The zero-order valence-electron chi connectivity index (χ0n) is 13.9. The minimum Gasteiger partial charge on any atom is -0.302 e. The minimum absolute atomic E-state index is 0.127. The third kappa shape index (κ3) is 5.86. The Kier molecular flexibility index (Phi) is 5.54. The zero-order valence-corrected chi connectivity index (χ0v) is 13.9. The van der Waals surface area contributed by atoms with Gasteiger partial charge in [0, 0.05) is 11.0 Å². The van der Waals surface area contributed by atoms with E-state index in [-0.39, 0.29) is 22.8 Å². The highest BCUT2D eigenvalue weighted by Gasteiger charge is 2.31. The molecule has 21 heavy (non-hydrogen) atoms. The number of Topliss-reactive ketones (excluding diaryl/α,β-unsaturated/α-hetero) is 1. The number of ketones is 1. The van der Waals surface area contributed by atoms with Crippen molar-refractivity contribution in [2.24, 2.45) is 5.41 Å². The first kappa shape index (κ1) is 17.7. The van der Waals surface area contributed by atoms with Crippen LogP contribution in [-0.2, 0) is 11.2 Å². The number of rotatable bonds is 5. The molecule has 0 fully saturated rings. The molecule has 0 bridgehead atoms. The highest BCUT2D eigenvalue weighted by Crippen LogP contribution is 2.21. The van der Waals surface area contributed by atoms with E-state index in [2.05, 4.69) is 31.6 Å². The number of carbonyl (C=O) groups excluding carboxylic acids is 1. The summed E-state index contributed by atoms with van der Waals surface area (Å²) in [6.07, 6.45) is 0.638. The SMILES string of the molecule is CC(C)(C)NC(Cc1ccc(NO)cc1)C(=O)C(C)(C)C. The van der Waals surface area contributed by atoms with Crippen LogP contribution < -0.4 is 10.8 Å². The van der Waals surface area contributed by atoms with Gasteiger partial charge in [-0.3, -0.25) is 15.5 Å². The first-order valence-corrected chi connectivity index (χ1v) is 7.34.